The van der Waals surface area contributed by atoms with E-state index in [9.17, 15) is 14.4 Å². The van der Waals surface area contributed by atoms with E-state index in [1.165, 1.54) is 12.0 Å². The number of esters is 1. The molecule has 9 heteroatoms. The van der Waals surface area contributed by atoms with Gasteiger partial charge in [-0.15, -0.1) is 0 Å². The number of hydrogen-bond donors (Lipinski definition) is 0. The Bertz CT molecular complexity index is 828. The lowest BCUT2D eigenvalue weighted by molar-refractivity contribution is -0.147. The molecule has 2 fully saturated rings. The van der Waals surface area contributed by atoms with E-state index in [0.717, 1.165) is 5.56 Å². The van der Waals surface area contributed by atoms with Crippen LogP contribution in [-0.4, -0.2) is 60.8 Å². The molecule has 2 heterocycles. The first-order valence-corrected chi connectivity index (χ1v) is 11.5. The number of amides is 1. The Balaban J connectivity index is 1.63. The SMILES string of the molecule is COC(=O)[C@@H]1[C@H](CCCB2OC(C)(C)C(C)(C)O2)CC(C=O)N1C(=O)OCc1ccccc1. The molecule has 0 saturated carbocycles. The lowest BCUT2D eigenvalue weighted by atomic mass is 9.80. The molecule has 0 bridgehead atoms. The first-order valence-electron chi connectivity index (χ1n) is 11.5. The minimum absolute atomic E-state index is 0.0578. The molecule has 0 radical (unpaired) electrons. The van der Waals surface area contributed by atoms with E-state index in [2.05, 4.69) is 0 Å². The van der Waals surface area contributed by atoms with Crippen LogP contribution in [0.3, 0.4) is 0 Å². The third-order valence-electron chi connectivity index (χ3n) is 6.98. The summed E-state index contributed by atoms with van der Waals surface area (Å²) >= 11 is 0. The Morgan fingerprint density at radius 1 is 1.15 bits per heavy atom. The number of carbonyl (C=O) groups is 3. The first kappa shape index (κ1) is 25.2. The maximum absolute atomic E-state index is 12.9. The molecule has 2 aliphatic rings. The van der Waals surface area contributed by atoms with E-state index in [4.69, 9.17) is 18.8 Å². The highest BCUT2D eigenvalue weighted by atomic mass is 16.7. The molecule has 0 N–H and O–H groups in total. The van der Waals surface area contributed by atoms with Gasteiger partial charge in [0.25, 0.3) is 0 Å². The minimum Gasteiger partial charge on any atom is -0.467 e. The molecule has 180 valence electrons. The van der Waals surface area contributed by atoms with E-state index < -0.39 is 35.3 Å². The number of benzene rings is 1. The summed E-state index contributed by atoms with van der Waals surface area (Å²) < 4.78 is 22.5. The van der Waals surface area contributed by atoms with E-state index in [-0.39, 0.29) is 19.6 Å². The quantitative estimate of drug-likeness (QED) is 0.333. The standard InChI is InChI=1S/C24H34BNO7/c1-23(2)24(3,4)33-25(32-23)13-9-12-18-14-19(15-27)26(20(18)21(28)30-5)22(29)31-16-17-10-7-6-8-11-17/h6-8,10-11,15,18-20H,9,12-14,16H2,1-5H3/t18-,19?,20+/m1/s1. The second-order valence-corrected chi connectivity index (χ2v) is 9.73. The van der Waals surface area contributed by atoms with Gasteiger partial charge in [-0.05, 0) is 58.3 Å². The summed E-state index contributed by atoms with van der Waals surface area (Å²) in [4.78, 5) is 38.5. The number of carbonyl (C=O) groups excluding carboxylic acids is 3. The van der Waals surface area contributed by atoms with Crippen molar-refractivity contribution in [1.82, 2.24) is 4.90 Å². The normalized spacial score (nSPS) is 25.7. The number of hydrogen-bond acceptors (Lipinski definition) is 7. The van der Waals surface area contributed by atoms with Gasteiger partial charge in [0.05, 0.1) is 24.4 Å². The van der Waals surface area contributed by atoms with Crippen LogP contribution in [-0.2, 0) is 35.0 Å². The summed E-state index contributed by atoms with van der Waals surface area (Å²) in [6, 6.07) is 7.64. The van der Waals surface area contributed by atoms with Crippen LogP contribution in [0.4, 0.5) is 4.79 Å². The summed E-state index contributed by atoms with van der Waals surface area (Å²) in [5.41, 5.74) is 0.0181. The van der Waals surface area contributed by atoms with Gasteiger partial charge in [-0.3, -0.25) is 4.90 Å². The monoisotopic (exact) mass is 459 g/mol. The van der Waals surface area contributed by atoms with E-state index in [0.29, 0.717) is 31.9 Å². The molecular formula is C24H34BNO7. The van der Waals surface area contributed by atoms with Gasteiger partial charge in [-0.1, -0.05) is 36.8 Å². The van der Waals surface area contributed by atoms with Crippen molar-refractivity contribution in [1.29, 1.82) is 0 Å². The highest BCUT2D eigenvalue weighted by Gasteiger charge is 2.51. The molecule has 8 nitrogen and oxygen atoms in total. The molecule has 1 unspecified atom stereocenters. The molecule has 2 saturated heterocycles. The second-order valence-electron chi connectivity index (χ2n) is 9.73. The minimum atomic E-state index is -0.869. The van der Waals surface area contributed by atoms with Crippen molar-refractivity contribution in [3.63, 3.8) is 0 Å². The maximum Gasteiger partial charge on any atom is 0.457 e. The zero-order chi connectivity index (χ0) is 24.2. The third-order valence-corrected chi connectivity index (χ3v) is 6.98. The van der Waals surface area contributed by atoms with Gasteiger partial charge in [-0.25, -0.2) is 9.59 Å². The molecule has 1 amide bonds. The zero-order valence-corrected chi connectivity index (χ0v) is 20.1. The van der Waals surface area contributed by atoms with Gasteiger partial charge < -0.3 is 23.6 Å². The van der Waals surface area contributed by atoms with Crippen LogP contribution in [0, 0.1) is 5.92 Å². The van der Waals surface area contributed by atoms with Crippen molar-refractivity contribution in [3.8, 4) is 0 Å². The van der Waals surface area contributed by atoms with Crippen molar-refractivity contribution in [2.75, 3.05) is 7.11 Å². The fourth-order valence-electron chi connectivity index (χ4n) is 4.48. The van der Waals surface area contributed by atoms with Gasteiger partial charge in [0.2, 0.25) is 0 Å². The second kappa shape index (κ2) is 10.3. The van der Waals surface area contributed by atoms with Gasteiger partial charge in [0, 0.05) is 0 Å². The molecule has 1 aromatic rings. The number of rotatable bonds is 8. The first-order chi connectivity index (χ1) is 15.6. The Hall–Kier alpha value is -2.39. The molecule has 2 aliphatic heterocycles. The Kier molecular flexibility index (Phi) is 7.85. The van der Waals surface area contributed by atoms with Crippen LogP contribution < -0.4 is 0 Å². The summed E-state index contributed by atoms with van der Waals surface area (Å²) in [5.74, 6) is -0.768. The fraction of sp³-hybridized carbons (Fsp3) is 0.625. The highest BCUT2D eigenvalue weighted by Crippen LogP contribution is 2.39. The number of ether oxygens (including phenoxy) is 2. The summed E-state index contributed by atoms with van der Waals surface area (Å²) in [6.45, 7) is 8.08. The smallest absolute Gasteiger partial charge is 0.457 e. The van der Waals surface area contributed by atoms with Crippen LogP contribution >= 0.6 is 0 Å². The van der Waals surface area contributed by atoms with E-state index >= 15 is 0 Å². The summed E-state index contributed by atoms with van der Waals surface area (Å²) in [6.07, 6.45) is 2.38. The molecule has 3 rings (SSSR count). The zero-order valence-electron chi connectivity index (χ0n) is 20.1. The predicted molar refractivity (Wildman–Crippen MR) is 122 cm³/mol. The molecule has 0 aliphatic carbocycles. The van der Waals surface area contributed by atoms with Gasteiger partial charge in [0.15, 0.2) is 0 Å². The van der Waals surface area contributed by atoms with Gasteiger partial charge in [0.1, 0.15) is 18.9 Å². The average molecular weight is 459 g/mol. The Morgan fingerprint density at radius 2 is 1.79 bits per heavy atom. The van der Waals surface area contributed by atoms with Crippen LogP contribution in [0.5, 0.6) is 0 Å². The van der Waals surface area contributed by atoms with Crippen molar-refractivity contribution in [3.05, 3.63) is 35.9 Å². The van der Waals surface area contributed by atoms with Crippen LogP contribution in [0.25, 0.3) is 0 Å². The predicted octanol–water partition coefficient (Wildman–Crippen LogP) is 3.63. The average Bonchev–Trinajstić information content (AvgIpc) is 3.25. The van der Waals surface area contributed by atoms with Crippen molar-refractivity contribution < 1.29 is 33.2 Å². The number of nitrogens with zero attached hydrogens (tertiary/aromatic N) is 1. The fourth-order valence-corrected chi connectivity index (χ4v) is 4.48. The van der Waals surface area contributed by atoms with Gasteiger partial charge in [-0.2, -0.15) is 0 Å². The van der Waals surface area contributed by atoms with Crippen molar-refractivity contribution in [2.24, 2.45) is 5.92 Å². The van der Waals surface area contributed by atoms with E-state index in [1.807, 2.05) is 58.0 Å². The Labute approximate surface area is 196 Å². The third kappa shape index (κ3) is 5.58. The largest absolute Gasteiger partial charge is 0.467 e. The molecule has 1 aromatic carbocycles. The van der Waals surface area contributed by atoms with Crippen LogP contribution in [0.1, 0.15) is 52.5 Å². The van der Waals surface area contributed by atoms with Crippen LogP contribution in [0.15, 0.2) is 30.3 Å². The maximum atomic E-state index is 12.9. The summed E-state index contributed by atoms with van der Waals surface area (Å²) in [5, 5.41) is 0. The molecule has 0 spiro atoms. The lowest BCUT2D eigenvalue weighted by Gasteiger charge is -2.32. The summed E-state index contributed by atoms with van der Waals surface area (Å²) in [7, 11) is 0.952. The number of likely N-dealkylation sites (tertiary alicyclic amines) is 1. The van der Waals surface area contributed by atoms with E-state index in [1.54, 1.807) is 0 Å². The number of aldehydes is 1. The molecular weight excluding hydrogens is 425 g/mol. The van der Waals surface area contributed by atoms with Crippen molar-refractivity contribution >= 4 is 25.5 Å². The van der Waals surface area contributed by atoms with Crippen molar-refractivity contribution in [2.45, 2.75) is 83.2 Å². The highest BCUT2D eigenvalue weighted by molar-refractivity contribution is 6.45. The lowest BCUT2D eigenvalue weighted by Crippen LogP contribution is -2.47. The molecule has 33 heavy (non-hydrogen) atoms. The van der Waals surface area contributed by atoms with Gasteiger partial charge >= 0.3 is 19.2 Å². The molecule has 0 aromatic heterocycles. The molecule has 3 atom stereocenters. The topological polar surface area (TPSA) is 91.4 Å². The Morgan fingerprint density at radius 3 is 2.36 bits per heavy atom. The van der Waals surface area contributed by atoms with Crippen LogP contribution in [0.2, 0.25) is 6.32 Å². The number of methoxy groups -OCH3 is 1.